The van der Waals surface area contributed by atoms with Crippen molar-refractivity contribution in [1.29, 1.82) is 0 Å². The maximum absolute atomic E-state index is 5.57. The van der Waals surface area contributed by atoms with Crippen LogP contribution in [0.15, 0.2) is 16.9 Å². The van der Waals surface area contributed by atoms with Crippen molar-refractivity contribution in [3.8, 4) is 0 Å². The van der Waals surface area contributed by atoms with Crippen LogP contribution < -0.4 is 4.90 Å². The summed E-state index contributed by atoms with van der Waals surface area (Å²) in [6, 6.07) is 2.10. The predicted octanol–water partition coefficient (Wildman–Crippen LogP) is 2.66. The van der Waals surface area contributed by atoms with Crippen LogP contribution >= 0.6 is 11.3 Å². The van der Waals surface area contributed by atoms with Crippen molar-refractivity contribution in [3.63, 3.8) is 0 Å². The van der Waals surface area contributed by atoms with Crippen molar-refractivity contribution < 1.29 is 9.26 Å². The lowest BCUT2D eigenvalue weighted by Gasteiger charge is -2.23. The Morgan fingerprint density at radius 3 is 2.96 bits per heavy atom. The van der Waals surface area contributed by atoms with Crippen molar-refractivity contribution in [3.05, 3.63) is 29.0 Å². The zero-order chi connectivity index (χ0) is 16.0. The predicted molar refractivity (Wildman–Crippen MR) is 86.7 cm³/mol. The third-order valence-electron chi connectivity index (χ3n) is 4.13. The SMILES string of the molecule is CO[C@@H]1C[C@H](c2nc(C)no2)N(c2ncnc3sc(C)cc23)C1. The molecule has 4 rings (SSSR count). The van der Waals surface area contributed by atoms with Gasteiger partial charge in [0.25, 0.3) is 0 Å². The van der Waals surface area contributed by atoms with Crippen LogP contribution in [0.4, 0.5) is 5.82 Å². The molecule has 7 nitrogen and oxygen atoms in total. The van der Waals surface area contributed by atoms with E-state index in [1.165, 1.54) is 4.88 Å². The first-order chi connectivity index (χ1) is 11.2. The van der Waals surface area contributed by atoms with Gasteiger partial charge in [-0.1, -0.05) is 5.16 Å². The second-order valence-electron chi connectivity index (χ2n) is 5.71. The van der Waals surface area contributed by atoms with Crippen molar-refractivity contribution in [2.45, 2.75) is 32.4 Å². The fourth-order valence-corrected chi connectivity index (χ4v) is 3.92. The molecule has 8 heteroatoms. The van der Waals surface area contributed by atoms with Gasteiger partial charge in [0.2, 0.25) is 5.89 Å². The molecule has 0 aliphatic carbocycles. The molecule has 0 aromatic carbocycles. The second kappa shape index (κ2) is 5.54. The lowest BCUT2D eigenvalue weighted by atomic mass is 10.2. The van der Waals surface area contributed by atoms with E-state index in [0.717, 1.165) is 29.0 Å². The average Bonchev–Trinajstić information content (AvgIpc) is 3.22. The summed E-state index contributed by atoms with van der Waals surface area (Å²) in [6.07, 6.45) is 2.52. The third kappa shape index (κ3) is 2.47. The number of hydrogen-bond donors (Lipinski definition) is 0. The van der Waals surface area contributed by atoms with Crippen LogP contribution in [0.2, 0.25) is 0 Å². The number of aryl methyl sites for hydroxylation is 2. The molecule has 4 heterocycles. The molecule has 2 atom stereocenters. The molecule has 1 aliphatic heterocycles. The van der Waals surface area contributed by atoms with Crippen LogP contribution in [0, 0.1) is 13.8 Å². The van der Waals surface area contributed by atoms with E-state index in [-0.39, 0.29) is 12.1 Å². The number of ether oxygens (including phenoxy) is 1. The normalized spacial score (nSPS) is 21.4. The molecule has 0 unspecified atom stereocenters. The van der Waals surface area contributed by atoms with Gasteiger partial charge in [0.15, 0.2) is 5.82 Å². The number of anilines is 1. The Balaban J connectivity index is 1.80. The van der Waals surface area contributed by atoms with E-state index >= 15 is 0 Å². The summed E-state index contributed by atoms with van der Waals surface area (Å²) in [5, 5.41) is 4.99. The van der Waals surface area contributed by atoms with E-state index in [0.29, 0.717) is 11.7 Å². The molecule has 1 fully saturated rings. The monoisotopic (exact) mass is 331 g/mol. The molecule has 0 saturated carbocycles. The highest BCUT2D eigenvalue weighted by Crippen LogP contribution is 2.39. The number of methoxy groups -OCH3 is 1. The van der Waals surface area contributed by atoms with Crippen molar-refractivity contribution >= 4 is 27.4 Å². The van der Waals surface area contributed by atoms with Crippen molar-refractivity contribution in [2.24, 2.45) is 0 Å². The zero-order valence-electron chi connectivity index (χ0n) is 13.2. The summed E-state index contributed by atoms with van der Waals surface area (Å²) >= 11 is 1.67. The lowest BCUT2D eigenvalue weighted by molar-refractivity contribution is 0.117. The summed E-state index contributed by atoms with van der Waals surface area (Å²) in [5.41, 5.74) is 0. The minimum absolute atomic E-state index is 0.0283. The molecule has 1 saturated heterocycles. The Hall–Kier alpha value is -2.06. The highest BCUT2D eigenvalue weighted by Gasteiger charge is 2.38. The van der Waals surface area contributed by atoms with Gasteiger partial charge < -0.3 is 14.2 Å². The van der Waals surface area contributed by atoms with Gasteiger partial charge >= 0.3 is 0 Å². The van der Waals surface area contributed by atoms with Gasteiger partial charge in [-0.25, -0.2) is 9.97 Å². The van der Waals surface area contributed by atoms with E-state index in [9.17, 15) is 0 Å². The van der Waals surface area contributed by atoms with Crippen LogP contribution in [0.3, 0.4) is 0 Å². The smallest absolute Gasteiger partial charge is 0.249 e. The van der Waals surface area contributed by atoms with Crippen LogP contribution in [-0.2, 0) is 4.74 Å². The number of nitrogens with zero attached hydrogens (tertiary/aromatic N) is 5. The molecular formula is C15H17N5O2S. The van der Waals surface area contributed by atoms with E-state index < -0.39 is 0 Å². The van der Waals surface area contributed by atoms with E-state index in [4.69, 9.17) is 9.26 Å². The lowest BCUT2D eigenvalue weighted by Crippen LogP contribution is -2.26. The Morgan fingerprint density at radius 2 is 2.22 bits per heavy atom. The molecule has 23 heavy (non-hydrogen) atoms. The number of fused-ring (bicyclic) bond motifs is 1. The Bertz CT molecular complexity index is 845. The number of aromatic nitrogens is 4. The maximum Gasteiger partial charge on any atom is 0.249 e. The first-order valence-corrected chi connectivity index (χ1v) is 8.28. The molecule has 120 valence electrons. The van der Waals surface area contributed by atoms with Gasteiger partial charge in [-0.2, -0.15) is 4.98 Å². The summed E-state index contributed by atoms with van der Waals surface area (Å²) in [6.45, 7) is 4.64. The van der Waals surface area contributed by atoms with Gasteiger partial charge in [-0.15, -0.1) is 11.3 Å². The number of thiophene rings is 1. The minimum atomic E-state index is -0.0283. The van der Waals surface area contributed by atoms with Gasteiger partial charge in [0.1, 0.15) is 23.0 Å². The topological polar surface area (TPSA) is 77.2 Å². The summed E-state index contributed by atoms with van der Waals surface area (Å²) in [5.74, 6) is 2.15. The molecule has 0 amide bonds. The van der Waals surface area contributed by atoms with Crippen LogP contribution in [0.25, 0.3) is 10.2 Å². The minimum Gasteiger partial charge on any atom is -0.380 e. The van der Waals surface area contributed by atoms with Crippen molar-refractivity contribution in [1.82, 2.24) is 20.1 Å². The van der Waals surface area contributed by atoms with Crippen LogP contribution in [0.1, 0.15) is 29.1 Å². The molecule has 3 aromatic heterocycles. The zero-order valence-corrected chi connectivity index (χ0v) is 14.0. The first kappa shape index (κ1) is 14.5. The van der Waals surface area contributed by atoms with Gasteiger partial charge in [-0.05, 0) is 19.9 Å². The van der Waals surface area contributed by atoms with E-state index in [2.05, 4.69) is 38.0 Å². The summed E-state index contributed by atoms with van der Waals surface area (Å²) < 4.78 is 11.0. The van der Waals surface area contributed by atoms with Gasteiger partial charge in [0, 0.05) is 25.0 Å². The number of hydrogen-bond acceptors (Lipinski definition) is 8. The quantitative estimate of drug-likeness (QED) is 0.730. The van der Waals surface area contributed by atoms with Gasteiger partial charge in [0.05, 0.1) is 11.5 Å². The van der Waals surface area contributed by atoms with E-state index in [1.807, 2.05) is 6.92 Å². The average molecular weight is 331 g/mol. The fourth-order valence-electron chi connectivity index (χ4n) is 3.08. The summed E-state index contributed by atoms with van der Waals surface area (Å²) in [4.78, 5) is 17.7. The Labute approximate surface area is 137 Å². The molecular weight excluding hydrogens is 314 g/mol. The maximum atomic E-state index is 5.57. The largest absolute Gasteiger partial charge is 0.380 e. The second-order valence-corrected chi connectivity index (χ2v) is 6.95. The van der Waals surface area contributed by atoms with E-state index in [1.54, 1.807) is 24.8 Å². The third-order valence-corrected chi connectivity index (χ3v) is 5.09. The van der Waals surface area contributed by atoms with Gasteiger partial charge in [-0.3, -0.25) is 0 Å². The van der Waals surface area contributed by atoms with Crippen LogP contribution in [0.5, 0.6) is 0 Å². The highest BCUT2D eigenvalue weighted by molar-refractivity contribution is 7.18. The summed E-state index contributed by atoms with van der Waals surface area (Å²) in [7, 11) is 1.73. The molecule has 1 aliphatic rings. The molecule has 3 aromatic rings. The Morgan fingerprint density at radius 1 is 1.35 bits per heavy atom. The first-order valence-electron chi connectivity index (χ1n) is 7.46. The molecule has 0 radical (unpaired) electrons. The van der Waals surface area contributed by atoms with Crippen molar-refractivity contribution in [2.75, 3.05) is 18.6 Å². The highest BCUT2D eigenvalue weighted by atomic mass is 32.1. The number of rotatable bonds is 3. The van der Waals surface area contributed by atoms with Crippen LogP contribution in [-0.4, -0.2) is 39.9 Å². The fraction of sp³-hybridized carbons (Fsp3) is 0.467. The molecule has 0 N–H and O–H groups in total. The Kier molecular flexibility index (Phi) is 3.50. The standard InChI is InChI=1S/C15H17N5O2S/c1-8-4-11-13(16-7-17-15(11)23-8)20-6-10(21-3)5-12(20)14-18-9(2)19-22-14/h4,7,10,12H,5-6H2,1-3H3/t10-,12-/m1/s1. The molecule has 0 spiro atoms. The molecule has 0 bridgehead atoms.